The molecule has 1 aromatic heterocycles. The number of carbonyl (C=O) groups is 1. The zero-order valence-corrected chi connectivity index (χ0v) is 15.8. The number of methoxy groups -OCH3 is 1. The number of carbonyl (C=O) groups excluding carboxylic acids is 1. The highest BCUT2D eigenvalue weighted by Crippen LogP contribution is 2.28. The number of halogens is 1. The number of nitrogens with zero attached hydrogens (tertiary/aromatic N) is 1. The summed E-state index contributed by atoms with van der Waals surface area (Å²) in [4.78, 5) is 25.2. The lowest BCUT2D eigenvalue weighted by Gasteiger charge is -2.10. The zero-order chi connectivity index (χ0) is 20.3. The average Bonchev–Trinajstić information content (AvgIpc) is 2.68. The fraction of sp³-hybridized carbons (Fsp3) is 0.0952. The van der Waals surface area contributed by atoms with Crippen molar-refractivity contribution in [1.82, 2.24) is 0 Å². The van der Waals surface area contributed by atoms with E-state index in [9.17, 15) is 14.9 Å². The van der Waals surface area contributed by atoms with Crippen molar-refractivity contribution < 1.29 is 13.9 Å². The fourth-order valence-corrected chi connectivity index (χ4v) is 2.80. The number of ether oxygens (including phenoxy) is 1. The Morgan fingerprint density at radius 2 is 2.07 bits per heavy atom. The molecule has 0 atom stereocenters. The molecule has 1 amide bonds. The van der Waals surface area contributed by atoms with Gasteiger partial charge in [-0.2, -0.15) is 5.26 Å². The van der Waals surface area contributed by atoms with Crippen molar-refractivity contribution in [1.29, 1.82) is 5.26 Å². The summed E-state index contributed by atoms with van der Waals surface area (Å²) in [7, 11) is 1.45. The van der Waals surface area contributed by atoms with E-state index in [0.29, 0.717) is 27.4 Å². The summed E-state index contributed by atoms with van der Waals surface area (Å²) >= 11 is 5.95. The predicted octanol–water partition coefficient (Wildman–Crippen LogP) is 4.31. The van der Waals surface area contributed by atoms with Gasteiger partial charge in [-0.05, 0) is 43.3 Å². The Morgan fingerprint density at radius 3 is 2.79 bits per heavy atom. The Labute approximate surface area is 165 Å². The zero-order valence-electron chi connectivity index (χ0n) is 15.1. The van der Waals surface area contributed by atoms with Gasteiger partial charge in [0.25, 0.3) is 5.91 Å². The van der Waals surface area contributed by atoms with Crippen molar-refractivity contribution in [2.75, 3.05) is 12.4 Å². The standard InChI is InChI=1S/C21H15ClN2O4/c1-12-3-5-18-16(7-12)20(25)14(11-28-18)8-13(10-23)21(26)24-17-9-15(22)4-6-19(17)27-2/h3-9,11H,1-2H3,(H,24,26). The second-order valence-corrected chi connectivity index (χ2v) is 6.42. The molecule has 0 radical (unpaired) electrons. The molecular weight excluding hydrogens is 380 g/mol. The molecule has 0 saturated carbocycles. The van der Waals surface area contributed by atoms with E-state index in [1.165, 1.54) is 25.5 Å². The maximum Gasteiger partial charge on any atom is 0.266 e. The maximum atomic E-state index is 12.7. The first-order chi connectivity index (χ1) is 13.4. The number of hydrogen-bond donors (Lipinski definition) is 1. The third-order valence-electron chi connectivity index (χ3n) is 4.03. The summed E-state index contributed by atoms with van der Waals surface area (Å²) in [6.07, 6.45) is 2.42. The molecule has 0 unspecified atom stereocenters. The summed E-state index contributed by atoms with van der Waals surface area (Å²) in [5.74, 6) is -0.317. The first kappa shape index (κ1) is 19.2. The van der Waals surface area contributed by atoms with Gasteiger partial charge in [-0.1, -0.05) is 23.2 Å². The summed E-state index contributed by atoms with van der Waals surface area (Å²) in [5.41, 5.74) is 1.14. The number of anilines is 1. The van der Waals surface area contributed by atoms with Crippen LogP contribution < -0.4 is 15.5 Å². The van der Waals surface area contributed by atoms with E-state index < -0.39 is 5.91 Å². The second-order valence-electron chi connectivity index (χ2n) is 5.99. The minimum absolute atomic E-state index is 0.0999. The quantitative estimate of drug-likeness (QED) is 0.525. The number of benzene rings is 2. The lowest BCUT2D eigenvalue weighted by atomic mass is 10.1. The van der Waals surface area contributed by atoms with Crippen LogP contribution in [-0.4, -0.2) is 13.0 Å². The van der Waals surface area contributed by atoms with Crippen molar-refractivity contribution in [3.05, 3.63) is 74.6 Å². The molecule has 7 heteroatoms. The van der Waals surface area contributed by atoms with Gasteiger partial charge in [-0.15, -0.1) is 0 Å². The lowest BCUT2D eigenvalue weighted by molar-refractivity contribution is -0.112. The molecule has 0 bridgehead atoms. The van der Waals surface area contributed by atoms with E-state index >= 15 is 0 Å². The van der Waals surface area contributed by atoms with Crippen LogP contribution in [0.5, 0.6) is 5.75 Å². The van der Waals surface area contributed by atoms with E-state index in [1.807, 2.05) is 13.0 Å². The molecule has 3 aromatic rings. The lowest BCUT2D eigenvalue weighted by Crippen LogP contribution is -2.15. The van der Waals surface area contributed by atoms with Crippen LogP contribution in [-0.2, 0) is 4.79 Å². The first-order valence-electron chi connectivity index (χ1n) is 8.22. The number of fused-ring (bicyclic) bond motifs is 1. The van der Waals surface area contributed by atoms with Crippen LogP contribution in [0, 0.1) is 18.3 Å². The van der Waals surface area contributed by atoms with Crippen molar-refractivity contribution >= 4 is 40.2 Å². The molecule has 0 aliphatic rings. The molecule has 1 N–H and O–H groups in total. The van der Waals surface area contributed by atoms with Crippen molar-refractivity contribution in [3.63, 3.8) is 0 Å². The fourth-order valence-electron chi connectivity index (χ4n) is 2.63. The Hall–Kier alpha value is -3.56. The number of nitrogens with one attached hydrogen (secondary N) is 1. The van der Waals surface area contributed by atoms with Gasteiger partial charge in [0.15, 0.2) is 5.43 Å². The van der Waals surface area contributed by atoms with E-state index in [-0.39, 0.29) is 16.6 Å². The minimum Gasteiger partial charge on any atom is -0.495 e. The van der Waals surface area contributed by atoms with Crippen LogP contribution in [0.1, 0.15) is 11.1 Å². The Morgan fingerprint density at radius 1 is 1.29 bits per heavy atom. The van der Waals surface area contributed by atoms with Crippen molar-refractivity contribution in [3.8, 4) is 11.8 Å². The molecule has 0 spiro atoms. The van der Waals surface area contributed by atoms with Gasteiger partial charge in [-0.3, -0.25) is 9.59 Å². The SMILES string of the molecule is COc1ccc(Cl)cc1NC(=O)C(C#N)=Cc1coc2ccc(C)cc2c1=O. The average molecular weight is 395 g/mol. The van der Waals surface area contributed by atoms with Gasteiger partial charge < -0.3 is 14.5 Å². The highest BCUT2D eigenvalue weighted by molar-refractivity contribution is 6.31. The summed E-state index contributed by atoms with van der Waals surface area (Å²) in [5, 5.41) is 12.7. The molecule has 0 aliphatic heterocycles. The van der Waals surface area contributed by atoms with Crippen LogP contribution in [0.3, 0.4) is 0 Å². The molecule has 1 heterocycles. The molecule has 2 aromatic carbocycles. The number of aryl methyl sites for hydroxylation is 1. The minimum atomic E-state index is -0.702. The van der Waals surface area contributed by atoms with E-state index in [2.05, 4.69) is 5.32 Å². The number of nitriles is 1. The van der Waals surface area contributed by atoms with Gasteiger partial charge >= 0.3 is 0 Å². The summed E-state index contributed by atoms with van der Waals surface area (Å²) in [6, 6.07) is 11.7. The predicted molar refractivity (Wildman–Crippen MR) is 107 cm³/mol. The molecule has 0 fully saturated rings. The van der Waals surface area contributed by atoms with Gasteiger partial charge in [0, 0.05) is 5.02 Å². The van der Waals surface area contributed by atoms with Gasteiger partial charge in [-0.25, -0.2) is 0 Å². The normalized spacial score (nSPS) is 11.1. The van der Waals surface area contributed by atoms with Crippen LogP contribution in [0.4, 0.5) is 5.69 Å². The Kier molecular flexibility index (Phi) is 5.48. The van der Waals surface area contributed by atoms with Gasteiger partial charge in [0.05, 0.1) is 23.7 Å². The van der Waals surface area contributed by atoms with Crippen molar-refractivity contribution in [2.24, 2.45) is 0 Å². The van der Waals surface area contributed by atoms with Gasteiger partial charge in [0.2, 0.25) is 0 Å². The van der Waals surface area contributed by atoms with Crippen molar-refractivity contribution in [2.45, 2.75) is 6.92 Å². The summed E-state index contributed by atoms with van der Waals surface area (Å²) in [6.45, 7) is 1.86. The molecule has 3 rings (SSSR count). The van der Waals surface area contributed by atoms with E-state index in [4.69, 9.17) is 20.8 Å². The topological polar surface area (TPSA) is 92.3 Å². The molecule has 0 saturated heterocycles. The maximum absolute atomic E-state index is 12.7. The molecule has 140 valence electrons. The second kappa shape index (κ2) is 7.99. The van der Waals surface area contributed by atoms with Gasteiger partial charge in [0.1, 0.15) is 29.2 Å². The van der Waals surface area contributed by atoms with Crippen LogP contribution in [0.25, 0.3) is 17.0 Å². The highest BCUT2D eigenvalue weighted by Gasteiger charge is 2.15. The number of hydrogen-bond acceptors (Lipinski definition) is 5. The molecule has 6 nitrogen and oxygen atoms in total. The monoisotopic (exact) mass is 394 g/mol. The first-order valence-corrected chi connectivity index (χ1v) is 8.59. The summed E-state index contributed by atoms with van der Waals surface area (Å²) < 4.78 is 10.6. The van der Waals surface area contributed by atoms with Crippen LogP contribution >= 0.6 is 11.6 Å². The van der Waals surface area contributed by atoms with E-state index in [1.54, 1.807) is 30.3 Å². The largest absolute Gasteiger partial charge is 0.495 e. The number of rotatable bonds is 4. The molecular formula is C21H15ClN2O4. The van der Waals surface area contributed by atoms with Crippen LogP contribution in [0.15, 0.2) is 57.4 Å². The highest BCUT2D eigenvalue weighted by atomic mass is 35.5. The molecule has 0 aliphatic carbocycles. The molecule has 28 heavy (non-hydrogen) atoms. The van der Waals surface area contributed by atoms with E-state index in [0.717, 1.165) is 5.56 Å². The van der Waals surface area contributed by atoms with Crippen LogP contribution in [0.2, 0.25) is 5.02 Å². The Balaban J connectivity index is 1.99. The number of amides is 1. The Bertz CT molecular complexity index is 1210. The third kappa shape index (κ3) is 3.90. The third-order valence-corrected chi connectivity index (χ3v) is 4.26. The smallest absolute Gasteiger partial charge is 0.266 e.